The standard InChI is InChI=1S/C23H25FN4O4/c1-14-9-10-15(12-18(14)27-22(31)16-6-3-4-7-17(16)24)21(30)26-13-20(29)28-11-5-8-19(28)23(32)25-2/h3-4,6-7,9-10,12,19H,5,8,11,13H2,1-2H3,(H,25,32)(H,26,30)(H,27,31). The van der Waals surface area contributed by atoms with Crippen LogP contribution >= 0.6 is 0 Å². The van der Waals surface area contributed by atoms with Gasteiger partial charge in [0.15, 0.2) is 0 Å². The second kappa shape index (κ2) is 10.0. The van der Waals surface area contributed by atoms with Gasteiger partial charge in [-0.1, -0.05) is 18.2 Å². The maximum absolute atomic E-state index is 13.9. The van der Waals surface area contributed by atoms with Crippen LogP contribution in [0.3, 0.4) is 0 Å². The predicted molar refractivity (Wildman–Crippen MR) is 117 cm³/mol. The minimum Gasteiger partial charge on any atom is -0.357 e. The van der Waals surface area contributed by atoms with Crippen LogP contribution in [0.15, 0.2) is 42.5 Å². The quantitative estimate of drug-likeness (QED) is 0.637. The van der Waals surface area contributed by atoms with E-state index in [9.17, 15) is 23.6 Å². The molecule has 1 aliphatic heterocycles. The summed E-state index contributed by atoms with van der Waals surface area (Å²) >= 11 is 0. The lowest BCUT2D eigenvalue weighted by Gasteiger charge is -2.23. The van der Waals surface area contributed by atoms with Gasteiger partial charge in [0.05, 0.1) is 12.1 Å². The molecular weight excluding hydrogens is 415 g/mol. The van der Waals surface area contributed by atoms with Crippen molar-refractivity contribution in [2.45, 2.75) is 25.8 Å². The Morgan fingerprint density at radius 3 is 2.56 bits per heavy atom. The normalized spacial score (nSPS) is 15.2. The number of nitrogens with one attached hydrogen (secondary N) is 3. The van der Waals surface area contributed by atoms with Crippen LogP contribution in [0, 0.1) is 12.7 Å². The first kappa shape index (κ1) is 22.9. The largest absolute Gasteiger partial charge is 0.357 e. The molecule has 0 spiro atoms. The van der Waals surface area contributed by atoms with Crippen molar-refractivity contribution in [2.24, 2.45) is 0 Å². The van der Waals surface area contributed by atoms with Gasteiger partial charge in [-0.15, -0.1) is 0 Å². The van der Waals surface area contributed by atoms with E-state index in [0.29, 0.717) is 24.2 Å². The first-order valence-corrected chi connectivity index (χ1v) is 10.3. The van der Waals surface area contributed by atoms with E-state index in [4.69, 9.17) is 0 Å². The molecule has 1 unspecified atom stereocenters. The molecule has 8 nitrogen and oxygen atoms in total. The van der Waals surface area contributed by atoms with Crippen molar-refractivity contribution in [2.75, 3.05) is 25.5 Å². The van der Waals surface area contributed by atoms with E-state index in [-0.39, 0.29) is 29.5 Å². The Hall–Kier alpha value is -3.75. The summed E-state index contributed by atoms with van der Waals surface area (Å²) in [6, 6.07) is 9.77. The maximum Gasteiger partial charge on any atom is 0.258 e. The molecule has 2 aromatic rings. The Morgan fingerprint density at radius 2 is 1.84 bits per heavy atom. The van der Waals surface area contributed by atoms with Gasteiger partial charge >= 0.3 is 0 Å². The molecule has 1 fully saturated rings. The number of rotatable bonds is 6. The molecule has 3 N–H and O–H groups in total. The van der Waals surface area contributed by atoms with Crippen LogP contribution in [0.25, 0.3) is 0 Å². The van der Waals surface area contributed by atoms with Crippen LogP contribution in [0.5, 0.6) is 0 Å². The topological polar surface area (TPSA) is 108 Å². The number of hydrogen-bond donors (Lipinski definition) is 3. The van der Waals surface area contributed by atoms with Crippen LogP contribution in [-0.2, 0) is 9.59 Å². The minimum atomic E-state index is -0.646. The zero-order chi connectivity index (χ0) is 23.3. The summed E-state index contributed by atoms with van der Waals surface area (Å²) in [5.41, 5.74) is 1.17. The van der Waals surface area contributed by atoms with Crippen LogP contribution in [0.1, 0.15) is 39.1 Å². The summed E-state index contributed by atoms with van der Waals surface area (Å²) in [6.45, 7) is 1.95. The summed E-state index contributed by atoms with van der Waals surface area (Å²) in [6.07, 6.45) is 1.31. The van der Waals surface area contributed by atoms with Crippen molar-refractivity contribution in [3.63, 3.8) is 0 Å². The Labute approximate surface area is 185 Å². The first-order chi connectivity index (χ1) is 15.3. The van der Waals surface area contributed by atoms with E-state index in [1.54, 1.807) is 25.1 Å². The van der Waals surface area contributed by atoms with Crippen LogP contribution < -0.4 is 16.0 Å². The molecule has 168 valence electrons. The van der Waals surface area contributed by atoms with Crippen molar-refractivity contribution in [3.8, 4) is 0 Å². The molecule has 0 saturated carbocycles. The van der Waals surface area contributed by atoms with Gasteiger partial charge in [0, 0.05) is 24.8 Å². The third kappa shape index (κ3) is 5.11. The van der Waals surface area contributed by atoms with E-state index in [0.717, 1.165) is 6.42 Å². The Morgan fingerprint density at radius 1 is 1.09 bits per heavy atom. The summed E-state index contributed by atoms with van der Waals surface area (Å²) in [4.78, 5) is 50.9. The average Bonchev–Trinajstić information content (AvgIpc) is 3.28. The van der Waals surface area contributed by atoms with Crippen LogP contribution in [-0.4, -0.2) is 54.7 Å². The third-order valence-corrected chi connectivity index (χ3v) is 5.39. The number of halogens is 1. The molecule has 2 aromatic carbocycles. The lowest BCUT2D eigenvalue weighted by atomic mass is 10.1. The lowest BCUT2D eigenvalue weighted by molar-refractivity contribution is -0.137. The molecule has 32 heavy (non-hydrogen) atoms. The molecule has 0 aliphatic carbocycles. The first-order valence-electron chi connectivity index (χ1n) is 10.3. The fourth-order valence-electron chi connectivity index (χ4n) is 3.60. The van der Waals surface area contributed by atoms with E-state index in [1.807, 2.05) is 0 Å². The summed E-state index contributed by atoms with van der Waals surface area (Å²) in [5, 5.41) is 7.72. The van der Waals surface area contributed by atoms with Crippen molar-refractivity contribution in [1.29, 1.82) is 0 Å². The molecule has 0 bridgehead atoms. The number of nitrogens with zero attached hydrogens (tertiary/aromatic N) is 1. The highest BCUT2D eigenvalue weighted by molar-refractivity contribution is 6.06. The average molecular weight is 440 g/mol. The second-order valence-electron chi connectivity index (χ2n) is 7.51. The monoisotopic (exact) mass is 440 g/mol. The zero-order valence-electron chi connectivity index (χ0n) is 17.9. The minimum absolute atomic E-state index is 0.108. The fourth-order valence-corrected chi connectivity index (χ4v) is 3.60. The smallest absolute Gasteiger partial charge is 0.258 e. The molecule has 9 heteroatoms. The van der Waals surface area contributed by atoms with Gasteiger partial charge in [-0.3, -0.25) is 19.2 Å². The molecule has 1 atom stereocenters. The molecular formula is C23H25FN4O4. The number of carbonyl (C=O) groups excluding carboxylic acids is 4. The van der Waals surface area contributed by atoms with Crippen LogP contribution in [0.4, 0.5) is 10.1 Å². The third-order valence-electron chi connectivity index (χ3n) is 5.39. The van der Waals surface area contributed by atoms with Gasteiger partial charge in [0.25, 0.3) is 11.8 Å². The molecule has 0 aromatic heterocycles. The number of likely N-dealkylation sites (tertiary alicyclic amines) is 1. The van der Waals surface area contributed by atoms with Crippen molar-refractivity contribution < 1.29 is 23.6 Å². The Bertz CT molecular complexity index is 1060. The SMILES string of the molecule is CNC(=O)C1CCCN1C(=O)CNC(=O)c1ccc(C)c(NC(=O)c2ccccc2F)c1. The summed E-state index contributed by atoms with van der Waals surface area (Å²) in [5.74, 6) is -2.35. The van der Waals surface area contributed by atoms with Crippen LogP contribution in [0.2, 0.25) is 0 Å². The zero-order valence-corrected chi connectivity index (χ0v) is 17.9. The van der Waals surface area contributed by atoms with Crippen molar-refractivity contribution in [3.05, 3.63) is 65.0 Å². The molecule has 1 aliphatic rings. The number of hydrogen-bond acceptors (Lipinski definition) is 4. The van der Waals surface area contributed by atoms with Gasteiger partial charge in [0.2, 0.25) is 11.8 Å². The van der Waals surface area contributed by atoms with Gasteiger partial charge in [-0.2, -0.15) is 0 Å². The maximum atomic E-state index is 13.9. The van der Waals surface area contributed by atoms with E-state index in [2.05, 4.69) is 16.0 Å². The van der Waals surface area contributed by atoms with Crippen molar-refractivity contribution >= 4 is 29.3 Å². The number of carbonyl (C=O) groups is 4. The number of amides is 4. The summed E-state index contributed by atoms with van der Waals surface area (Å²) < 4.78 is 13.9. The Balaban J connectivity index is 1.65. The molecule has 1 heterocycles. The van der Waals surface area contributed by atoms with E-state index < -0.39 is 23.7 Å². The molecule has 1 saturated heterocycles. The molecule has 4 amide bonds. The second-order valence-corrected chi connectivity index (χ2v) is 7.51. The highest BCUT2D eigenvalue weighted by atomic mass is 19.1. The number of likely N-dealkylation sites (N-methyl/N-ethyl adjacent to an activating group) is 1. The van der Waals surface area contributed by atoms with Gasteiger partial charge in [0.1, 0.15) is 11.9 Å². The van der Waals surface area contributed by atoms with E-state index in [1.165, 1.54) is 36.2 Å². The number of anilines is 1. The summed E-state index contributed by atoms with van der Waals surface area (Å²) in [7, 11) is 1.52. The van der Waals surface area contributed by atoms with Crippen molar-refractivity contribution in [1.82, 2.24) is 15.5 Å². The van der Waals surface area contributed by atoms with Gasteiger partial charge in [-0.25, -0.2) is 4.39 Å². The highest BCUT2D eigenvalue weighted by Crippen LogP contribution is 2.20. The number of benzene rings is 2. The molecule has 0 radical (unpaired) electrons. The number of aryl methyl sites for hydroxylation is 1. The Kier molecular flexibility index (Phi) is 7.19. The van der Waals surface area contributed by atoms with Gasteiger partial charge < -0.3 is 20.9 Å². The van der Waals surface area contributed by atoms with E-state index >= 15 is 0 Å². The lowest BCUT2D eigenvalue weighted by Crippen LogP contribution is -2.48. The fraction of sp³-hybridized carbons (Fsp3) is 0.304. The predicted octanol–water partition coefficient (Wildman–Crippen LogP) is 1.85. The van der Waals surface area contributed by atoms with Gasteiger partial charge in [-0.05, 0) is 49.6 Å². The molecule has 3 rings (SSSR count). The highest BCUT2D eigenvalue weighted by Gasteiger charge is 2.33.